The van der Waals surface area contributed by atoms with Crippen molar-refractivity contribution in [2.45, 2.75) is 13.3 Å². The predicted molar refractivity (Wildman–Crippen MR) is 120 cm³/mol. The number of esters is 1. The molecule has 0 aliphatic rings. The molecule has 1 amide bonds. The Morgan fingerprint density at radius 3 is 2.60 bits per heavy atom. The Kier molecular flexibility index (Phi) is 5.86. The van der Waals surface area contributed by atoms with Crippen LogP contribution in [0.4, 0.5) is 5.13 Å². The highest BCUT2D eigenvalue weighted by Gasteiger charge is 2.12. The van der Waals surface area contributed by atoms with Crippen LogP contribution in [0, 0.1) is 6.92 Å². The zero-order chi connectivity index (χ0) is 20.9. The molecule has 0 unspecified atom stereocenters. The van der Waals surface area contributed by atoms with Crippen LogP contribution in [0.5, 0.6) is 0 Å². The number of hydrogen-bond acceptors (Lipinski definition) is 5. The Hall–Kier alpha value is -3.51. The summed E-state index contributed by atoms with van der Waals surface area (Å²) in [6.45, 7) is 1.68. The maximum Gasteiger partial charge on any atom is 0.310 e. The molecule has 0 atom stereocenters. The zero-order valence-corrected chi connectivity index (χ0v) is 17.2. The number of anilines is 1. The average Bonchev–Trinajstić information content (AvgIpc) is 3.21. The molecule has 4 rings (SSSR count). The van der Waals surface area contributed by atoms with Crippen molar-refractivity contribution in [1.82, 2.24) is 4.98 Å². The number of ether oxygens (including phenoxy) is 1. The van der Waals surface area contributed by atoms with Crippen LogP contribution >= 0.6 is 11.3 Å². The zero-order valence-electron chi connectivity index (χ0n) is 16.4. The molecule has 30 heavy (non-hydrogen) atoms. The lowest BCUT2D eigenvalue weighted by Gasteiger charge is -2.07. The van der Waals surface area contributed by atoms with Gasteiger partial charge in [-0.2, -0.15) is 0 Å². The van der Waals surface area contributed by atoms with Gasteiger partial charge in [0.15, 0.2) is 11.7 Å². The summed E-state index contributed by atoms with van der Waals surface area (Å²) >= 11 is 1.33. The van der Waals surface area contributed by atoms with Gasteiger partial charge in [-0.1, -0.05) is 72.3 Å². The van der Waals surface area contributed by atoms with Gasteiger partial charge < -0.3 is 4.74 Å². The standard InChI is InChI=1S/C24H20N2O3S/c1-16-9-11-18(12-10-16)21-15-30-24(25-21)26-22(27)14-29-23(28)13-19-7-4-6-17-5-2-3-8-20(17)19/h2-12,15H,13-14H2,1H3,(H,25,26,27). The summed E-state index contributed by atoms with van der Waals surface area (Å²) in [4.78, 5) is 28.8. The number of aromatic nitrogens is 1. The summed E-state index contributed by atoms with van der Waals surface area (Å²) in [5.74, 6) is -0.855. The topological polar surface area (TPSA) is 68.3 Å². The van der Waals surface area contributed by atoms with Gasteiger partial charge in [0.05, 0.1) is 12.1 Å². The van der Waals surface area contributed by atoms with E-state index in [-0.39, 0.29) is 13.0 Å². The number of rotatable bonds is 6. The molecule has 3 aromatic carbocycles. The number of fused-ring (bicyclic) bond motifs is 1. The van der Waals surface area contributed by atoms with Crippen LogP contribution < -0.4 is 5.32 Å². The van der Waals surface area contributed by atoms with Crippen LogP contribution in [0.2, 0.25) is 0 Å². The molecule has 0 bridgehead atoms. The van der Waals surface area contributed by atoms with Crippen molar-refractivity contribution in [1.29, 1.82) is 0 Å². The Morgan fingerprint density at radius 2 is 1.77 bits per heavy atom. The van der Waals surface area contributed by atoms with Crippen molar-refractivity contribution < 1.29 is 14.3 Å². The quantitative estimate of drug-likeness (QED) is 0.449. The third-order valence-electron chi connectivity index (χ3n) is 4.68. The van der Waals surface area contributed by atoms with E-state index in [0.717, 1.165) is 27.6 Å². The fourth-order valence-corrected chi connectivity index (χ4v) is 3.88. The molecular formula is C24H20N2O3S. The minimum absolute atomic E-state index is 0.115. The van der Waals surface area contributed by atoms with Gasteiger partial charge in [-0.25, -0.2) is 4.98 Å². The van der Waals surface area contributed by atoms with E-state index in [1.807, 2.05) is 79.0 Å². The Labute approximate surface area is 178 Å². The van der Waals surface area contributed by atoms with Crippen LogP contribution in [-0.4, -0.2) is 23.5 Å². The van der Waals surface area contributed by atoms with Crippen molar-refractivity contribution in [3.05, 3.63) is 83.2 Å². The van der Waals surface area contributed by atoms with E-state index >= 15 is 0 Å². The minimum atomic E-state index is -0.444. The second kappa shape index (κ2) is 8.88. The summed E-state index contributed by atoms with van der Waals surface area (Å²) in [5.41, 5.74) is 3.83. The van der Waals surface area contributed by atoms with Crippen LogP contribution in [0.3, 0.4) is 0 Å². The lowest BCUT2D eigenvalue weighted by molar-refractivity contribution is -0.146. The van der Waals surface area contributed by atoms with Gasteiger partial charge >= 0.3 is 5.97 Å². The summed E-state index contributed by atoms with van der Waals surface area (Å²) < 4.78 is 5.16. The summed E-state index contributed by atoms with van der Waals surface area (Å²) in [7, 11) is 0. The fourth-order valence-electron chi connectivity index (χ4n) is 3.14. The van der Waals surface area contributed by atoms with E-state index in [0.29, 0.717) is 5.13 Å². The Morgan fingerprint density at radius 1 is 1.00 bits per heavy atom. The number of carbonyl (C=O) groups excluding carboxylic acids is 2. The number of benzene rings is 3. The molecule has 0 radical (unpaired) electrons. The number of nitrogens with one attached hydrogen (secondary N) is 1. The van der Waals surface area contributed by atoms with Crippen LogP contribution in [0.1, 0.15) is 11.1 Å². The first-order chi connectivity index (χ1) is 14.6. The number of thiazole rings is 1. The van der Waals surface area contributed by atoms with E-state index in [9.17, 15) is 9.59 Å². The average molecular weight is 417 g/mol. The summed E-state index contributed by atoms with van der Waals surface area (Å²) in [6, 6.07) is 21.7. The molecule has 6 heteroatoms. The van der Waals surface area contributed by atoms with Crippen LogP contribution in [-0.2, 0) is 20.7 Å². The maximum absolute atomic E-state index is 12.2. The Balaban J connectivity index is 1.31. The molecule has 150 valence electrons. The van der Waals surface area contributed by atoms with Gasteiger partial charge in [0.1, 0.15) is 0 Å². The lowest BCUT2D eigenvalue weighted by Crippen LogP contribution is -2.21. The third kappa shape index (κ3) is 4.72. The number of amides is 1. The van der Waals surface area contributed by atoms with Crippen LogP contribution in [0.15, 0.2) is 72.1 Å². The smallest absolute Gasteiger partial charge is 0.310 e. The van der Waals surface area contributed by atoms with Gasteiger partial charge in [-0.3, -0.25) is 14.9 Å². The minimum Gasteiger partial charge on any atom is -0.455 e. The van der Waals surface area contributed by atoms with E-state index in [1.54, 1.807) is 0 Å². The predicted octanol–water partition coefficient (Wildman–Crippen LogP) is 5.00. The largest absolute Gasteiger partial charge is 0.455 e. The highest BCUT2D eigenvalue weighted by molar-refractivity contribution is 7.14. The second-order valence-corrected chi connectivity index (χ2v) is 7.79. The van der Waals surface area contributed by atoms with Crippen molar-refractivity contribution in [2.24, 2.45) is 0 Å². The highest BCUT2D eigenvalue weighted by Crippen LogP contribution is 2.25. The van der Waals surface area contributed by atoms with E-state index in [2.05, 4.69) is 10.3 Å². The van der Waals surface area contributed by atoms with Crippen LogP contribution in [0.25, 0.3) is 22.0 Å². The summed E-state index contributed by atoms with van der Waals surface area (Å²) in [5, 5.41) is 7.11. The molecule has 1 N–H and O–H groups in total. The maximum atomic E-state index is 12.2. The molecule has 0 saturated carbocycles. The molecule has 1 aromatic heterocycles. The third-order valence-corrected chi connectivity index (χ3v) is 5.43. The van der Waals surface area contributed by atoms with Gasteiger partial charge in [-0.05, 0) is 23.3 Å². The molecule has 5 nitrogen and oxygen atoms in total. The van der Waals surface area contributed by atoms with Crippen molar-refractivity contribution in [3.8, 4) is 11.3 Å². The van der Waals surface area contributed by atoms with Gasteiger partial charge in [0.25, 0.3) is 5.91 Å². The first-order valence-electron chi connectivity index (χ1n) is 9.53. The molecule has 0 aliphatic heterocycles. The van der Waals surface area contributed by atoms with Crippen molar-refractivity contribution in [3.63, 3.8) is 0 Å². The molecule has 0 fully saturated rings. The molecule has 0 saturated heterocycles. The molecule has 4 aromatic rings. The number of carbonyl (C=O) groups is 2. The SMILES string of the molecule is Cc1ccc(-c2csc(NC(=O)COC(=O)Cc3cccc4ccccc34)n2)cc1. The second-order valence-electron chi connectivity index (χ2n) is 6.93. The summed E-state index contributed by atoms with van der Waals surface area (Å²) in [6.07, 6.45) is 0.115. The number of hydrogen-bond donors (Lipinski definition) is 1. The van der Waals surface area contributed by atoms with E-state index in [4.69, 9.17) is 4.74 Å². The first kappa shape index (κ1) is 19.8. The van der Waals surface area contributed by atoms with Gasteiger partial charge in [-0.15, -0.1) is 11.3 Å². The number of aryl methyl sites for hydroxylation is 1. The molecule has 0 aliphatic carbocycles. The number of nitrogens with zero attached hydrogens (tertiary/aromatic N) is 1. The van der Waals surface area contributed by atoms with Gasteiger partial charge in [0.2, 0.25) is 0 Å². The molecular weight excluding hydrogens is 396 g/mol. The normalized spacial score (nSPS) is 10.7. The first-order valence-corrected chi connectivity index (χ1v) is 10.4. The van der Waals surface area contributed by atoms with Crippen molar-refractivity contribution >= 4 is 39.1 Å². The van der Waals surface area contributed by atoms with E-state index < -0.39 is 11.9 Å². The van der Waals surface area contributed by atoms with Crippen molar-refractivity contribution in [2.75, 3.05) is 11.9 Å². The van der Waals surface area contributed by atoms with Gasteiger partial charge in [0, 0.05) is 10.9 Å². The Bertz CT molecular complexity index is 1190. The molecule has 1 heterocycles. The van der Waals surface area contributed by atoms with E-state index in [1.165, 1.54) is 16.9 Å². The highest BCUT2D eigenvalue weighted by atomic mass is 32.1. The molecule has 0 spiro atoms. The monoisotopic (exact) mass is 416 g/mol. The fraction of sp³-hybridized carbons (Fsp3) is 0.125. The lowest BCUT2D eigenvalue weighted by atomic mass is 10.0.